The molecule has 0 bridgehead atoms. The van der Waals surface area contributed by atoms with E-state index in [9.17, 15) is 0 Å². The molecule has 0 amide bonds. The minimum Gasteiger partial charge on any atom is -0.310 e. The SMILES string of the molecule is CC(NCCc1ccccc1)c1ccc2ccccc2c1. The van der Waals surface area contributed by atoms with Gasteiger partial charge in [0.05, 0.1) is 0 Å². The van der Waals surface area contributed by atoms with Crippen molar-refractivity contribution < 1.29 is 0 Å². The molecule has 0 spiro atoms. The second-order valence-electron chi connectivity index (χ2n) is 5.52. The van der Waals surface area contributed by atoms with Crippen molar-refractivity contribution in [3.63, 3.8) is 0 Å². The van der Waals surface area contributed by atoms with Crippen LogP contribution in [0.15, 0.2) is 72.8 Å². The molecule has 1 heteroatoms. The second-order valence-corrected chi connectivity index (χ2v) is 5.52. The molecule has 1 unspecified atom stereocenters. The molecule has 0 aliphatic rings. The summed E-state index contributed by atoms with van der Waals surface area (Å²) >= 11 is 0. The van der Waals surface area contributed by atoms with Crippen LogP contribution >= 0.6 is 0 Å². The standard InChI is InChI=1S/C20H21N/c1-16(21-14-13-17-7-3-2-4-8-17)19-12-11-18-9-5-6-10-20(18)15-19/h2-12,15-16,21H,13-14H2,1H3. The third kappa shape index (κ3) is 3.50. The highest BCUT2D eigenvalue weighted by Gasteiger charge is 2.05. The molecule has 0 saturated carbocycles. The monoisotopic (exact) mass is 275 g/mol. The molecule has 0 saturated heterocycles. The van der Waals surface area contributed by atoms with Crippen molar-refractivity contribution in [2.45, 2.75) is 19.4 Å². The number of nitrogens with one attached hydrogen (secondary N) is 1. The molecule has 1 N–H and O–H groups in total. The van der Waals surface area contributed by atoms with Crippen LogP contribution in [-0.4, -0.2) is 6.54 Å². The maximum absolute atomic E-state index is 3.61. The van der Waals surface area contributed by atoms with Gasteiger partial charge in [-0.15, -0.1) is 0 Å². The topological polar surface area (TPSA) is 12.0 Å². The van der Waals surface area contributed by atoms with E-state index in [-0.39, 0.29) is 0 Å². The predicted molar refractivity (Wildman–Crippen MR) is 90.5 cm³/mol. The Kier molecular flexibility index (Phi) is 4.32. The van der Waals surface area contributed by atoms with Crippen molar-refractivity contribution in [2.75, 3.05) is 6.54 Å². The summed E-state index contributed by atoms with van der Waals surface area (Å²) in [6.45, 7) is 3.23. The van der Waals surface area contributed by atoms with Gasteiger partial charge in [0.2, 0.25) is 0 Å². The van der Waals surface area contributed by atoms with Gasteiger partial charge >= 0.3 is 0 Å². The summed E-state index contributed by atoms with van der Waals surface area (Å²) in [4.78, 5) is 0. The van der Waals surface area contributed by atoms with Crippen LogP contribution in [0.3, 0.4) is 0 Å². The van der Waals surface area contributed by atoms with E-state index < -0.39 is 0 Å². The minimum atomic E-state index is 0.373. The number of rotatable bonds is 5. The van der Waals surface area contributed by atoms with Gasteiger partial charge < -0.3 is 5.32 Å². The molecule has 3 aromatic carbocycles. The highest BCUT2D eigenvalue weighted by atomic mass is 14.9. The first kappa shape index (κ1) is 13.8. The van der Waals surface area contributed by atoms with Gasteiger partial charge in [-0.05, 0) is 47.9 Å². The van der Waals surface area contributed by atoms with Gasteiger partial charge in [0.1, 0.15) is 0 Å². The fourth-order valence-corrected chi connectivity index (χ4v) is 2.67. The number of hydrogen-bond acceptors (Lipinski definition) is 1. The van der Waals surface area contributed by atoms with E-state index in [1.54, 1.807) is 0 Å². The van der Waals surface area contributed by atoms with E-state index in [4.69, 9.17) is 0 Å². The third-order valence-corrected chi connectivity index (χ3v) is 3.98. The summed E-state index contributed by atoms with van der Waals surface area (Å²) in [5, 5.41) is 6.23. The quantitative estimate of drug-likeness (QED) is 0.709. The predicted octanol–water partition coefficient (Wildman–Crippen LogP) is 4.73. The van der Waals surface area contributed by atoms with Crippen molar-refractivity contribution in [3.8, 4) is 0 Å². The Morgan fingerprint density at radius 2 is 1.52 bits per heavy atom. The van der Waals surface area contributed by atoms with Crippen molar-refractivity contribution in [2.24, 2.45) is 0 Å². The van der Waals surface area contributed by atoms with E-state index in [0.29, 0.717) is 6.04 Å². The van der Waals surface area contributed by atoms with E-state index >= 15 is 0 Å². The summed E-state index contributed by atoms with van der Waals surface area (Å²) in [5.41, 5.74) is 2.73. The fourth-order valence-electron chi connectivity index (χ4n) is 2.67. The van der Waals surface area contributed by atoms with Crippen LogP contribution in [0.5, 0.6) is 0 Å². The smallest absolute Gasteiger partial charge is 0.0292 e. The zero-order chi connectivity index (χ0) is 14.5. The van der Waals surface area contributed by atoms with Gasteiger partial charge in [-0.25, -0.2) is 0 Å². The number of fused-ring (bicyclic) bond motifs is 1. The molecule has 0 aliphatic carbocycles. The lowest BCUT2D eigenvalue weighted by atomic mass is 10.0. The molecule has 0 aromatic heterocycles. The van der Waals surface area contributed by atoms with Crippen LogP contribution in [0.1, 0.15) is 24.1 Å². The van der Waals surface area contributed by atoms with Gasteiger partial charge in [-0.3, -0.25) is 0 Å². The van der Waals surface area contributed by atoms with Gasteiger partial charge in [-0.2, -0.15) is 0 Å². The molecular weight excluding hydrogens is 254 g/mol. The largest absolute Gasteiger partial charge is 0.310 e. The average Bonchev–Trinajstić information content (AvgIpc) is 2.55. The van der Waals surface area contributed by atoms with Crippen LogP contribution in [0.25, 0.3) is 10.8 Å². The van der Waals surface area contributed by atoms with Crippen LogP contribution < -0.4 is 5.32 Å². The normalized spacial score (nSPS) is 12.4. The molecule has 3 rings (SSSR count). The lowest BCUT2D eigenvalue weighted by Crippen LogP contribution is -2.21. The fraction of sp³-hybridized carbons (Fsp3) is 0.200. The van der Waals surface area contributed by atoms with Gasteiger partial charge in [0.15, 0.2) is 0 Å². The lowest BCUT2D eigenvalue weighted by molar-refractivity contribution is 0.577. The van der Waals surface area contributed by atoms with Crippen molar-refractivity contribution in [3.05, 3.63) is 83.9 Å². The first-order chi connectivity index (χ1) is 10.3. The Hall–Kier alpha value is -2.12. The molecule has 21 heavy (non-hydrogen) atoms. The molecule has 0 radical (unpaired) electrons. The Bertz CT molecular complexity index is 703. The summed E-state index contributed by atoms with van der Waals surface area (Å²) in [6.07, 6.45) is 1.07. The van der Waals surface area contributed by atoms with E-state index in [1.807, 2.05) is 0 Å². The third-order valence-electron chi connectivity index (χ3n) is 3.98. The second kappa shape index (κ2) is 6.55. The number of hydrogen-bond donors (Lipinski definition) is 1. The van der Waals surface area contributed by atoms with E-state index in [0.717, 1.165) is 13.0 Å². The summed E-state index contributed by atoms with van der Waals surface area (Å²) < 4.78 is 0. The van der Waals surface area contributed by atoms with E-state index in [1.165, 1.54) is 21.9 Å². The maximum Gasteiger partial charge on any atom is 0.0292 e. The lowest BCUT2D eigenvalue weighted by Gasteiger charge is -2.15. The van der Waals surface area contributed by atoms with Crippen LogP contribution in [0.2, 0.25) is 0 Å². The van der Waals surface area contributed by atoms with Crippen LogP contribution in [-0.2, 0) is 6.42 Å². The van der Waals surface area contributed by atoms with Crippen molar-refractivity contribution in [1.29, 1.82) is 0 Å². The molecule has 0 aliphatic heterocycles. The first-order valence-corrected chi connectivity index (χ1v) is 7.59. The van der Waals surface area contributed by atoms with Crippen LogP contribution in [0, 0.1) is 0 Å². The Balaban J connectivity index is 1.62. The first-order valence-electron chi connectivity index (χ1n) is 7.59. The number of benzene rings is 3. The highest BCUT2D eigenvalue weighted by molar-refractivity contribution is 5.83. The van der Waals surface area contributed by atoms with Crippen molar-refractivity contribution in [1.82, 2.24) is 5.32 Å². The minimum absolute atomic E-state index is 0.373. The molecule has 1 atom stereocenters. The van der Waals surface area contributed by atoms with Crippen molar-refractivity contribution >= 4 is 10.8 Å². The molecule has 0 fully saturated rings. The zero-order valence-corrected chi connectivity index (χ0v) is 12.4. The summed E-state index contributed by atoms with van der Waals surface area (Å²) in [6, 6.07) is 26.2. The summed E-state index contributed by atoms with van der Waals surface area (Å²) in [7, 11) is 0. The maximum atomic E-state index is 3.61. The molecule has 3 aromatic rings. The molecular formula is C20H21N. The van der Waals surface area contributed by atoms with Crippen LogP contribution in [0.4, 0.5) is 0 Å². The van der Waals surface area contributed by atoms with Gasteiger partial charge in [0, 0.05) is 6.04 Å². The zero-order valence-electron chi connectivity index (χ0n) is 12.4. The highest BCUT2D eigenvalue weighted by Crippen LogP contribution is 2.20. The Labute approximate surface area is 126 Å². The molecule has 1 nitrogen and oxygen atoms in total. The Morgan fingerprint density at radius 3 is 2.33 bits per heavy atom. The Morgan fingerprint density at radius 1 is 0.810 bits per heavy atom. The average molecular weight is 275 g/mol. The van der Waals surface area contributed by atoms with E-state index in [2.05, 4.69) is 85.0 Å². The van der Waals surface area contributed by atoms with Gasteiger partial charge in [-0.1, -0.05) is 66.7 Å². The molecule has 0 heterocycles. The summed E-state index contributed by atoms with van der Waals surface area (Å²) in [5.74, 6) is 0. The molecule has 106 valence electrons. The van der Waals surface area contributed by atoms with Gasteiger partial charge in [0.25, 0.3) is 0 Å².